The quantitative estimate of drug-likeness (QED) is 0.567. The van der Waals surface area contributed by atoms with Crippen molar-refractivity contribution in [2.45, 2.75) is 11.6 Å². The number of aromatic nitrogens is 2. The van der Waals surface area contributed by atoms with Crippen LogP contribution in [0.25, 0.3) is 5.69 Å². The molecule has 134 valence electrons. The van der Waals surface area contributed by atoms with Gasteiger partial charge in [-0.15, -0.1) is 0 Å². The maximum atomic E-state index is 12.9. The fourth-order valence-electron chi connectivity index (χ4n) is 2.37. The largest absolute Gasteiger partial charge is 0.355 e. The van der Waals surface area contributed by atoms with E-state index in [9.17, 15) is 9.18 Å². The highest BCUT2D eigenvalue weighted by atomic mass is 79.9. The van der Waals surface area contributed by atoms with E-state index in [-0.39, 0.29) is 17.5 Å². The van der Waals surface area contributed by atoms with Crippen LogP contribution >= 0.6 is 27.7 Å². The summed E-state index contributed by atoms with van der Waals surface area (Å²) in [6.45, 7) is 0.520. The first-order chi connectivity index (χ1) is 12.6. The summed E-state index contributed by atoms with van der Waals surface area (Å²) < 4.78 is 15.8. The van der Waals surface area contributed by atoms with Crippen LogP contribution in [0.3, 0.4) is 0 Å². The highest BCUT2D eigenvalue weighted by molar-refractivity contribution is 9.10. The fraction of sp³-hybridized carbons (Fsp3) is 0.158. The first-order valence-electron chi connectivity index (χ1n) is 8.05. The molecule has 0 atom stereocenters. The van der Waals surface area contributed by atoms with E-state index < -0.39 is 0 Å². The average Bonchev–Trinajstić information content (AvgIpc) is 3.11. The van der Waals surface area contributed by atoms with Crippen molar-refractivity contribution in [2.24, 2.45) is 0 Å². The number of carbonyl (C=O) groups is 1. The van der Waals surface area contributed by atoms with E-state index in [2.05, 4.69) is 26.2 Å². The Morgan fingerprint density at radius 1 is 1.15 bits per heavy atom. The van der Waals surface area contributed by atoms with Crippen molar-refractivity contribution in [3.05, 3.63) is 76.8 Å². The summed E-state index contributed by atoms with van der Waals surface area (Å²) in [6, 6.07) is 14.2. The van der Waals surface area contributed by atoms with Gasteiger partial charge < -0.3 is 5.32 Å². The third kappa shape index (κ3) is 5.19. The number of benzene rings is 2. The van der Waals surface area contributed by atoms with Gasteiger partial charge in [-0.25, -0.2) is 9.37 Å². The number of halogens is 2. The number of hydrogen-bond acceptors (Lipinski definition) is 3. The number of amides is 1. The molecule has 0 aliphatic heterocycles. The molecule has 1 amide bonds. The molecule has 1 heterocycles. The molecule has 0 unspecified atom stereocenters. The predicted octanol–water partition coefficient (Wildman–Crippen LogP) is 4.22. The number of carbonyl (C=O) groups excluding carboxylic acids is 1. The van der Waals surface area contributed by atoms with Crippen molar-refractivity contribution < 1.29 is 9.18 Å². The Morgan fingerprint density at radius 2 is 1.88 bits per heavy atom. The van der Waals surface area contributed by atoms with Gasteiger partial charge in [-0.1, -0.05) is 39.8 Å². The number of thioether (sulfide) groups is 1. The monoisotopic (exact) mass is 433 g/mol. The minimum Gasteiger partial charge on any atom is -0.355 e. The zero-order valence-electron chi connectivity index (χ0n) is 13.9. The molecule has 26 heavy (non-hydrogen) atoms. The van der Waals surface area contributed by atoms with Crippen molar-refractivity contribution in [3.63, 3.8) is 0 Å². The van der Waals surface area contributed by atoms with E-state index in [1.807, 2.05) is 35.0 Å². The Bertz CT molecular complexity index is 865. The van der Waals surface area contributed by atoms with Gasteiger partial charge in [-0.05, 0) is 48.4 Å². The fourth-order valence-corrected chi connectivity index (χ4v) is 3.44. The van der Waals surface area contributed by atoms with Crippen LogP contribution in [-0.4, -0.2) is 27.8 Å². The molecule has 0 aliphatic rings. The molecule has 0 saturated heterocycles. The van der Waals surface area contributed by atoms with Crippen LogP contribution in [0.1, 0.15) is 5.56 Å². The van der Waals surface area contributed by atoms with E-state index in [1.165, 1.54) is 23.9 Å². The van der Waals surface area contributed by atoms with Gasteiger partial charge in [0.05, 0.1) is 5.75 Å². The molecule has 2 aromatic carbocycles. The third-order valence-electron chi connectivity index (χ3n) is 3.69. The maximum Gasteiger partial charge on any atom is 0.230 e. The molecule has 3 rings (SSSR count). The summed E-state index contributed by atoms with van der Waals surface area (Å²) in [4.78, 5) is 16.4. The highest BCUT2D eigenvalue weighted by Gasteiger charge is 2.09. The smallest absolute Gasteiger partial charge is 0.230 e. The lowest BCUT2D eigenvalue weighted by molar-refractivity contribution is -0.118. The van der Waals surface area contributed by atoms with Gasteiger partial charge >= 0.3 is 0 Å². The van der Waals surface area contributed by atoms with Crippen molar-refractivity contribution >= 4 is 33.6 Å². The van der Waals surface area contributed by atoms with E-state index in [1.54, 1.807) is 18.3 Å². The molecule has 0 bridgehead atoms. The molecule has 1 aromatic heterocycles. The molecule has 0 radical (unpaired) electrons. The summed E-state index contributed by atoms with van der Waals surface area (Å²) in [6.07, 6.45) is 4.26. The van der Waals surface area contributed by atoms with Gasteiger partial charge in [0, 0.05) is 29.1 Å². The Hall–Kier alpha value is -2.12. The molecular weight excluding hydrogens is 417 g/mol. The van der Waals surface area contributed by atoms with Crippen LogP contribution in [0, 0.1) is 5.82 Å². The summed E-state index contributed by atoms with van der Waals surface area (Å²) in [7, 11) is 0. The summed E-state index contributed by atoms with van der Waals surface area (Å²) in [5.74, 6) is -0.0188. The Morgan fingerprint density at radius 3 is 2.62 bits per heavy atom. The van der Waals surface area contributed by atoms with Crippen LogP contribution < -0.4 is 5.32 Å². The average molecular weight is 434 g/mol. The standard InChI is InChI=1S/C19H17BrFN3OS/c20-15-3-7-17(8-4-15)24-12-11-23-19(24)26-13-18(25)22-10-9-14-1-5-16(21)6-2-14/h1-8,11-12H,9-10,13H2,(H,22,25). The van der Waals surface area contributed by atoms with Crippen LogP contribution in [0.4, 0.5) is 4.39 Å². The second-order valence-electron chi connectivity index (χ2n) is 5.57. The van der Waals surface area contributed by atoms with E-state index in [0.29, 0.717) is 13.0 Å². The number of nitrogens with zero attached hydrogens (tertiary/aromatic N) is 2. The molecule has 0 aliphatic carbocycles. The molecule has 3 aromatic rings. The highest BCUT2D eigenvalue weighted by Crippen LogP contribution is 2.21. The van der Waals surface area contributed by atoms with Crippen LogP contribution in [-0.2, 0) is 11.2 Å². The van der Waals surface area contributed by atoms with Crippen molar-refractivity contribution in [1.82, 2.24) is 14.9 Å². The molecule has 7 heteroatoms. The Kier molecular flexibility index (Phi) is 6.46. The van der Waals surface area contributed by atoms with Crippen LogP contribution in [0.2, 0.25) is 0 Å². The summed E-state index contributed by atoms with van der Waals surface area (Å²) in [5, 5.41) is 3.64. The zero-order chi connectivity index (χ0) is 18.4. The zero-order valence-corrected chi connectivity index (χ0v) is 16.3. The Balaban J connectivity index is 1.48. The summed E-state index contributed by atoms with van der Waals surface area (Å²) >= 11 is 4.81. The lowest BCUT2D eigenvalue weighted by Crippen LogP contribution is -2.27. The number of nitrogens with one attached hydrogen (secondary N) is 1. The molecule has 0 fully saturated rings. The molecule has 0 spiro atoms. The van der Waals surface area contributed by atoms with Gasteiger partial charge in [-0.3, -0.25) is 9.36 Å². The minimum absolute atomic E-state index is 0.0533. The second-order valence-corrected chi connectivity index (χ2v) is 7.43. The summed E-state index contributed by atoms with van der Waals surface area (Å²) in [5.41, 5.74) is 1.98. The first kappa shape index (κ1) is 18.7. The Labute approximate surface area is 164 Å². The second kappa shape index (κ2) is 9.00. The van der Waals surface area contributed by atoms with Crippen molar-refractivity contribution in [3.8, 4) is 5.69 Å². The van der Waals surface area contributed by atoms with E-state index >= 15 is 0 Å². The number of hydrogen-bond donors (Lipinski definition) is 1. The lowest BCUT2D eigenvalue weighted by Gasteiger charge is -2.08. The molecular formula is C19H17BrFN3OS. The maximum absolute atomic E-state index is 12.9. The number of rotatable bonds is 7. The van der Waals surface area contributed by atoms with Gasteiger partial charge in [0.1, 0.15) is 5.82 Å². The lowest BCUT2D eigenvalue weighted by atomic mass is 10.1. The number of imidazole rings is 1. The van der Waals surface area contributed by atoms with E-state index in [0.717, 1.165) is 20.9 Å². The van der Waals surface area contributed by atoms with Crippen LogP contribution in [0.15, 0.2) is 70.6 Å². The molecule has 4 nitrogen and oxygen atoms in total. The molecule has 0 saturated carbocycles. The van der Waals surface area contributed by atoms with Crippen molar-refractivity contribution in [1.29, 1.82) is 0 Å². The topological polar surface area (TPSA) is 46.9 Å². The van der Waals surface area contributed by atoms with Crippen LogP contribution in [0.5, 0.6) is 0 Å². The predicted molar refractivity (Wildman–Crippen MR) is 105 cm³/mol. The first-order valence-corrected chi connectivity index (χ1v) is 9.83. The molecule has 1 N–H and O–H groups in total. The third-order valence-corrected chi connectivity index (χ3v) is 5.19. The van der Waals surface area contributed by atoms with Gasteiger partial charge in [0.15, 0.2) is 5.16 Å². The minimum atomic E-state index is -0.254. The van der Waals surface area contributed by atoms with E-state index in [4.69, 9.17) is 0 Å². The normalized spacial score (nSPS) is 10.7. The van der Waals surface area contributed by atoms with Crippen molar-refractivity contribution in [2.75, 3.05) is 12.3 Å². The van der Waals surface area contributed by atoms with Gasteiger partial charge in [-0.2, -0.15) is 0 Å². The SMILES string of the molecule is O=C(CSc1nccn1-c1ccc(Br)cc1)NCCc1ccc(F)cc1. The van der Waals surface area contributed by atoms with Gasteiger partial charge in [0.25, 0.3) is 0 Å². The van der Waals surface area contributed by atoms with Gasteiger partial charge in [0.2, 0.25) is 5.91 Å².